The number of nitrogens with one attached hydrogen (secondary N) is 1. The Morgan fingerprint density at radius 3 is 2.75 bits per heavy atom. The van der Waals surface area contributed by atoms with Gasteiger partial charge in [0, 0.05) is 12.6 Å². The molecule has 2 rings (SSSR count). The Morgan fingerprint density at radius 1 is 1.35 bits per heavy atom. The SMILES string of the molecule is CCC1CCCC(NCC(C(=O)O)c2ccccc2)C1. The second-order valence-corrected chi connectivity index (χ2v) is 5.85. The van der Waals surface area contributed by atoms with E-state index in [0.717, 1.165) is 11.5 Å². The Labute approximate surface area is 121 Å². The Hall–Kier alpha value is -1.35. The average molecular weight is 275 g/mol. The summed E-state index contributed by atoms with van der Waals surface area (Å²) in [7, 11) is 0. The summed E-state index contributed by atoms with van der Waals surface area (Å²) in [6.45, 7) is 2.78. The normalized spacial score (nSPS) is 24.2. The smallest absolute Gasteiger partial charge is 0.312 e. The van der Waals surface area contributed by atoms with Gasteiger partial charge in [0.1, 0.15) is 0 Å². The fraction of sp³-hybridized carbons (Fsp3) is 0.588. The Kier molecular flexibility index (Phi) is 5.60. The molecule has 3 nitrogen and oxygen atoms in total. The highest BCUT2D eigenvalue weighted by Crippen LogP contribution is 2.27. The number of carbonyl (C=O) groups is 1. The largest absolute Gasteiger partial charge is 0.481 e. The molecule has 1 aromatic rings. The van der Waals surface area contributed by atoms with E-state index in [1.807, 2.05) is 30.3 Å². The van der Waals surface area contributed by atoms with Gasteiger partial charge in [-0.05, 0) is 24.3 Å². The number of carboxylic acid groups (broad SMARTS) is 1. The van der Waals surface area contributed by atoms with Crippen LogP contribution in [0.15, 0.2) is 30.3 Å². The van der Waals surface area contributed by atoms with Gasteiger partial charge >= 0.3 is 5.97 Å². The summed E-state index contributed by atoms with van der Waals surface area (Å²) in [6.07, 6.45) is 6.20. The van der Waals surface area contributed by atoms with Crippen molar-refractivity contribution in [1.82, 2.24) is 5.32 Å². The summed E-state index contributed by atoms with van der Waals surface area (Å²) >= 11 is 0. The first-order chi connectivity index (χ1) is 9.70. The van der Waals surface area contributed by atoms with Crippen LogP contribution in [0.2, 0.25) is 0 Å². The monoisotopic (exact) mass is 275 g/mol. The van der Waals surface area contributed by atoms with Gasteiger partial charge in [-0.2, -0.15) is 0 Å². The van der Waals surface area contributed by atoms with E-state index in [4.69, 9.17) is 0 Å². The molecule has 2 N–H and O–H groups in total. The van der Waals surface area contributed by atoms with Crippen LogP contribution in [-0.4, -0.2) is 23.7 Å². The van der Waals surface area contributed by atoms with Gasteiger partial charge in [0.25, 0.3) is 0 Å². The van der Waals surface area contributed by atoms with Gasteiger partial charge in [0.05, 0.1) is 5.92 Å². The van der Waals surface area contributed by atoms with Crippen LogP contribution in [0, 0.1) is 5.92 Å². The fourth-order valence-corrected chi connectivity index (χ4v) is 3.16. The summed E-state index contributed by atoms with van der Waals surface area (Å²) < 4.78 is 0. The molecule has 1 aliphatic rings. The molecule has 3 heteroatoms. The lowest BCUT2D eigenvalue weighted by molar-refractivity contribution is -0.138. The summed E-state index contributed by atoms with van der Waals surface area (Å²) in [5, 5.41) is 12.9. The van der Waals surface area contributed by atoms with Crippen molar-refractivity contribution in [2.75, 3.05) is 6.54 Å². The third kappa shape index (κ3) is 4.07. The highest BCUT2D eigenvalue weighted by Gasteiger charge is 2.24. The van der Waals surface area contributed by atoms with Gasteiger partial charge in [0.2, 0.25) is 0 Å². The fourth-order valence-electron chi connectivity index (χ4n) is 3.16. The Morgan fingerprint density at radius 2 is 2.10 bits per heavy atom. The zero-order chi connectivity index (χ0) is 14.4. The Balaban J connectivity index is 1.91. The molecule has 110 valence electrons. The minimum atomic E-state index is -0.744. The number of carboxylic acids is 1. The molecular formula is C17H25NO2. The first kappa shape index (κ1) is 15.0. The van der Waals surface area contributed by atoms with E-state index in [9.17, 15) is 9.90 Å². The highest BCUT2D eigenvalue weighted by atomic mass is 16.4. The topological polar surface area (TPSA) is 49.3 Å². The number of benzene rings is 1. The number of rotatable bonds is 6. The maximum Gasteiger partial charge on any atom is 0.312 e. The summed E-state index contributed by atoms with van der Waals surface area (Å²) in [6, 6.07) is 10.0. The highest BCUT2D eigenvalue weighted by molar-refractivity contribution is 5.76. The van der Waals surface area contributed by atoms with Gasteiger partial charge in [-0.25, -0.2) is 0 Å². The maximum atomic E-state index is 11.5. The van der Waals surface area contributed by atoms with Crippen molar-refractivity contribution in [1.29, 1.82) is 0 Å². The van der Waals surface area contributed by atoms with Crippen LogP contribution in [0.3, 0.4) is 0 Å². The van der Waals surface area contributed by atoms with E-state index in [-0.39, 0.29) is 0 Å². The standard InChI is InChI=1S/C17H25NO2/c1-2-13-7-6-10-15(11-13)18-12-16(17(19)20)14-8-4-3-5-9-14/h3-5,8-9,13,15-16,18H,2,6-7,10-12H2,1H3,(H,19,20). The van der Waals surface area contributed by atoms with Crippen molar-refractivity contribution < 1.29 is 9.90 Å². The minimum absolute atomic E-state index is 0.446. The van der Waals surface area contributed by atoms with E-state index >= 15 is 0 Å². The molecule has 3 unspecified atom stereocenters. The summed E-state index contributed by atoms with van der Waals surface area (Å²) in [5.41, 5.74) is 0.885. The predicted molar refractivity (Wildman–Crippen MR) is 80.9 cm³/mol. The summed E-state index contributed by atoms with van der Waals surface area (Å²) in [4.78, 5) is 11.5. The van der Waals surface area contributed by atoms with Crippen molar-refractivity contribution in [2.24, 2.45) is 5.92 Å². The molecule has 0 heterocycles. The molecule has 1 saturated carbocycles. The third-order valence-electron chi connectivity index (χ3n) is 4.47. The molecule has 1 aromatic carbocycles. The number of hydrogen-bond donors (Lipinski definition) is 2. The average Bonchev–Trinajstić information content (AvgIpc) is 2.48. The first-order valence-electron chi connectivity index (χ1n) is 7.71. The lowest BCUT2D eigenvalue weighted by Crippen LogP contribution is -2.38. The second-order valence-electron chi connectivity index (χ2n) is 5.85. The molecule has 0 saturated heterocycles. The molecule has 0 aromatic heterocycles. The van der Waals surface area contributed by atoms with Crippen LogP contribution in [0.25, 0.3) is 0 Å². The van der Waals surface area contributed by atoms with Crippen molar-refractivity contribution in [3.8, 4) is 0 Å². The number of aliphatic carboxylic acids is 1. The van der Waals surface area contributed by atoms with Gasteiger partial charge in [-0.1, -0.05) is 56.5 Å². The van der Waals surface area contributed by atoms with Crippen LogP contribution in [0.1, 0.15) is 50.5 Å². The molecule has 1 fully saturated rings. The van der Waals surface area contributed by atoms with Crippen LogP contribution in [-0.2, 0) is 4.79 Å². The molecule has 3 atom stereocenters. The van der Waals surface area contributed by atoms with Crippen molar-refractivity contribution >= 4 is 5.97 Å². The molecule has 0 radical (unpaired) electrons. The van der Waals surface area contributed by atoms with Crippen molar-refractivity contribution in [3.05, 3.63) is 35.9 Å². The van der Waals surface area contributed by atoms with E-state index in [2.05, 4.69) is 12.2 Å². The predicted octanol–water partition coefficient (Wildman–Crippen LogP) is 3.41. The van der Waals surface area contributed by atoms with Crippen LogP contribution < -0.4 is 5.32 Å². The third-order valence-corrected chi connectivity index (χ3v) is 4.47. The van der Waals surface area contributed by atoms with E-state index in [0.29, 0.717) is 12.6 Å². The summed E-state index contributed by atoms with van der Waals surface area (Å²) in [5.74, 6) is -0.383. The van der Waals surface area contributed by atoms with E-state index < -0.39 is 11.9 Å². The van der Waals surface area contributed by atoms with Crippen molar-refractivity contribution in [3.63, 3.8) is 0 Å². The van der Waals surface area contributed by atoms with Gasteiger partial charge < -0.3 is 10.4 Å². The van der Waals surface area contributed by atoms with Gasteiger partial charge in [-0.15, -0.1) is 0 Å². The van der Waals surface area contributed by atoms with E-state index in [1.54, 1.807) is 0 Å². The van der Waals surface area contributed by atoms with Crippen LogP contribution in [0.5, 0.6) is 0 Å². The molecule has 0 bridgehead atoms. The van der Waals surface area contributed by atoms with E-state index in [1.165, 1.54) is 32.1 Å². The number of hydrogen-bond acceptors (Lipinski definition) is 2. The molecule has 0 amide bonds. The lowest BCUT2D eigenvalue weighted by Gasteiger charge is -2.30. The minimum Gasteiger partial charge on any atom is -0.481 e. The van der Waals surface area contributed by atoms with Gasteiger partial charge in [0.15, 0.2) is 0 Å². The molecular weight excluding hydrogens is 250 g/mol. The lowest BCUT2D eigenvalue weighted by atomic mass is 9.84. The quantitative estimate of drug-likeness (QED) is 0.836. The second kappa shape index (κ2) is 7.44. The molecule has 1 aliphatic carbocycles. The zero-order valence-electron chi connectivity index (χ0n) is 12.2. The zero-order valence-corrected chi connectivity index (χ0v) is 12.2. The Bertz CT molecular complexity index is 418. The molecule has 0 spiro atoms. The maximum absolute atomic E-state index is 11.5. The molecule has 20 heavy (non-hydrogen) atoms. The van der Waals surface area contributed by atoms with Crippen LogP contribution >= 0.6 is 0 Å². The van der Waals surface area contributed by atoms with Crippen LogP contribution in [0.4, 0.5) is 0 Å². The first-order valence-corrected chi connectivity index (χ1v) is 7.71. The molecule has 0 aliphatic heterocycles. The van der Waals surface area contributed by atoms with Gasteiger partial charge in [-0.3, -0.25) is 4.79 Å². The van der Waals surface area contributed by atoms with Crippen molar-refractivity contribution in [2.45, 2.75) is 51.0 Å².